The van der Waals surface area contributed by atoms with E-state index in [0.29, 0.717) is 6.61 Å². The number of fused-ring (bicyclic) bond motifs is 1. The summed E-state index contributed by atoms with van der Waals surface area (Å²) in [6.07, 6.45) is 0. The normalized spacial score (nSPS) is 10.8. The van der Waals surface area contributed by atoms with E-state index in [0.717, 1.165) is 21.8 Å². The fourth-order valence-electron chi connectivity index (χ4n) is 1.49. The van der Waals surface area contributed by atoms with Crippen molar-refractivity contribution in [3.05, 3.63) is 22.7 Å². The standard InChI is InChI=1S/C11H13NOS/c1-4-13-10-6-11-9(5-7(10)2)12-8(3)14-11/h5-6H,4H2,1-3H3. The minimum atomic E-state index is 0.712. The zero-order chi connectivity index (χ0) is 10.1. The van der Waals surface area contributed by atoms with Crippen LogP contribution < -0.4 is 4.74 Å². The fraction of sp³-hybridized carbons (Fsp3) is 0.364. The highest BCUT2D eigenvalue weighted by atomic mass is 32.1. The second kappa shape index (κ2) is 3.58. The molecular weight excluding hydrogens is 194 g/mol. The Morgan fingerprint density at radius 2 is 2.14 bits per heavy atom. The average Bonchev–Trinajstić information content (AvgIpc) is 2.45. The van der Waals surface area contributed by atoms with Gasteiger partial charge in [0.2, 0.25) is 0 Å². The van der Waals surface area contributed by atoms with Gasteiger partial charge in [-0.15, -0.1) is 11.3 Å². The van der Waals surface area contributed by atoms with E-state index in [1.807, 2.05) is 13.8 Å². The van der Waals surface area contributed by atoms with Gasteiger partial charge in [0.25, 0.3) is 0 Å². The van der Waals surface area contributed by atoms with E-state index in [-0.39, 0.29) is 0 Å². The molecule has 0 aliphatic heterocycles. The predicted molar refractivity (Wildman–Crippen MR) is 60.3 cm³/mol. The molecule has 0 aliphatic carbocycles. The monoisotopic (exact) mass is 207 g/mol. The van der Waals surface area contributed by atoms with Gasteiger partial charge in [0, 0.05) is 0 Å². The first-order chi connectivity index (χ1) is 6.70. The van der Waals surface area contributed by atoms with Crippen LogP contribution in [0.3, 0.4) is 0 Å². The number of aromatic nitrogens is 1. The van der Waals surface area contributed by atoms with Gasteiger partial charge in [-0.05, 0) is 38.5 Å². The zero-order valence-electron chi connectivity index (χ0n) is 8.63. The lowest BCUT2D eigenvalue weighted by atomic mass is 10.2. The Kier molecular flexibility index (Phi) is 2.42. The number of aryl methyl sites for hydroxylation is 2. The van der Waals surface area contributed by atoms with Gasteiger partial charge in [0.15, 0.2) is 0 Å². The highest BCUT2D eigenvalue weighted by Crippen LogP contribution is 2.29. The van der Waals surface area contributed by atoms with Crippen LogP contribution in [-0.2, 0) is 0 Å². The number of hydrogen-bond donors (Lipinski definition) is 0. The summed E-state index contributed by atoms with van der Waals surface area (Å²) < 4.78 is 6.74. The molecule has 0 saturated carbocycles. The molecule has 74 valence electrons. The molecule has 2 nitrogen and oxygen atoms in total. The Morgan fingerprint density at radius 1 is 1.36 bits per heavy atom. The van der Waals surface area contributed by atoms with E-state index in [4.69, 9.17) is 4.74 Å². The Bertz CT molecular complexity index is 462. The number of benzene rings is 1. The minimum Gasteiger partial charge on any atom is -0.494 e. The van der Waals surface area contributed by atoms with Crippen molar-refractivity contribution in [2.24, 2.45) is 0 Å². The Balaban J connectivity index is 2.58. The molecule has 0 spiro atoms. The van der Waals surface area contributed by atoms with Crippen molar-refractivity contribution in [2.45, 2.75) is 20.8 Å². The van der Waals surface area contributed by atoms with Crippen molar-refractivity contribution < 1.29 is 4.74 Å². The second-order valence-electron chi connectivity index (χ2n) is 3.25. The van der Waals surface area contributed by atoms with E-state index < -0.39 is 0 Å². The van der Waals surface area contributed by atoms with Crippen molar-refractivity contribution in [3.8, 4) is 5.75 Å². The summed E-state index contributed by atoms with van der Waals surface area (Å²) in [7, 11) is 0. The van der Waals surface area contributed by atoms with Crippen molar-refractivity contribution in [1.82, 2.24) is 4.98 Å². The third-order valence-corrected chi connectivity index (χ3v) is 3.03. The molecule has 0 fully saturated rings. The summed E-state index contributed by atoms with van der Waals surface area (Å²) in [5, 5.41) is 1.10. The molecule has 3 heteroatoms. The molecule has 0 N–H and O–H groups in total. The summed E-state index contributed by atoms with van der Waals surface area (Å²) in [5.74, 6) is 0.976. The quantitative estimate of drug-likeness (QED) is 0.753. The summed E-state index contributed by atoms with van der Waals surface area (Å²) >= 11 is 1.71. The van der Waals surface area contributed by atoms with E-state index in [2.05, 4.69) is 24.0 Å². The van der Waals surface area contributed by atoms with Crippen LogP contribution in [0.5, 0.6) is 5.75 Å². The molecule has 0 radical (unpaired) electrons. The Morgan fingerprint density at radius 3 is 2.86 bits per heavy atom. The molecule has 2 aromatic rings. The number of hydrogen-bond acceptors (Lipinski definition) is 3. The van der Waals surface area contributed by atoms with E-state index in [1.165, 1.54) is 4.70 Å². The molecule has 1 heterocycles. The molecule has 2 rings (SSSR count). The zero-order valence-corrected chi connectivity index (χ0v) is 9.44. The summed E-state index contributed by atoms with van der Waals surface area (Å²) in [6.45, 7) is 6.80. The molecule has 0 saturated heterocycles. The van der Waals surface area contributed by atoms with Crippen LogP contribution in [0.4, 0.5) is 0 Å². The SMILES string of the molecule is CCOc1cc2sc(C)nc2cc1C. The predicted octanol–water partition coefficient (Wildman–Crippen LogP) is 3.31. The van der Waals surface area contributed by atoms with Gasteiger partial charge in [-0.2, -0.15) is 0 Å². The van der Waals surface area contributed by atoms with Crippen molar-refractivity contribution in [2.75, 3.05) is 6.61 Å². The summed E-state index contributed by atoms with van der Waals surface area (Å²) in [4.78, 5) is 4.44. The smallest absolute Gasteiger partial charge is 0.123 e. The van der Waals surface area contributed by atoms with Crippen LogP contribution >= 0.6 is 11.3 Å². The average molecular weight is 207 g/mol. The third-order valence-electron chi connectivity index (χ3n) is 2.09. The van der Waals surface area contributed by atoms with Crippen molar-refractivity contribution >= 4 is 21.6 Å². The van der Waals surface area contributed by atoms with Crippen LogP contribution in [0, 0.1) is 13.8 Å². The number of nitrogens with zero attached hydrogens (tertiary/aromatic N) is 1. The van der Waals surface area contributed by atoms with E-state index >= 15 is 0 Å². The van der Waals surface area contributed by atoms with Gasteiger partial charge < -0.3 is 4.74 Å². The largest absolute Gasteiger partial charge is 0.494 e. The lowest BCUT2D eigenvalue weighted by molar-refractivity contribution is 0.338. The maximum Gasteiger partial charge on any atom is 0.123 e. The van der Waals surface area contributed by atoms with Gasteiger partial charge in [0.1, 0.15) is 5.75 Å². The van der Waals surface area contributed by atoms with Crippen LogP contribution in [0.25, 0.3) is 10.2 Å². The van der Waals surface area contributed by atoms with Gasteiger partial charge in [-0.25, -0.2) is 4.98 Å². The van der Waals surface area contributed by atoms with Gasteiger partial charge >= 0.3 is 0 Å². The van der Waals surface area contributed by atoms with Gasteiger partial charge in [-0.1, -0.05) is 0 Å². The van der Waals surface area contributed by atoms with Gasteiger partial charge in [-0.3, -0.25) is 0 Å². The molecule has 0 atom stereocenters. The van der Waals surface area contributed by atoms with Crippen molar-refractivity contribution in [3.63, 3.8) is 0 Å². The maximum atomic E-state index is 5.53. The van der Waals surface area contributed by atoms with Crippen LogP contribution in [-0.4, -0.2) is 11.6 Å². The maximum absolute atomic E-state index is 5.53. The van der Waals surface area contributed by atoms with E-state index in [9.17, 15) is 0 Å². The molecule has 1 aromatic carbocycles. The lowest BCUT2D eigenvalue weighted by Gasteiger charge is -2.05. The van der Waals surface area contributed by atoms with Crippen LogP contribution in [0.2, 0.25) is 0 Å². The number of thiazole rings is 1. The second-order valence-corrected chi connectivity index (χ2v) is 4.49. The molecular formula is C11H13NOS. The highest BCUT2D eigenvalue weighted by Gasteiger charge is 2.05. The molecule has 0 aliphatic rings. The first-order valence-corrected chi connectivity index (χ1v) is 5.53. The number of rotatable bonds is 2. The molecule has 0 unspecified atom stereocenters. The molecule has 0 bridgehead atoms. The molecule has 0 amide bonds. The molecule has 14 heavy (non-hydrogen) atoms. The minimum absolute atomic E-state index is 0.712. The Hall–Kier alpha value is -1.09. The van der Waals surface area contributed by atoms with Crippen LogP contribution in [0.15, 0.2) is 12.1 Å². The first-order valence-electron chi connectivity index (χ1n) is 4.71. The lowest BCUT2D eigenvalue weighted by Crippen LogP contribution is -1.93. The van der Waals surface area contributed by atoms with Crippen LogP contribution in [0.1, 0.15) is 17.5 Å². The first kappa shape index (κ1) is 9.46. The van der Waals surface area contributed by atoms with Crippen molar-refractivity contribution in [1.29, 1.82) is 0 Å². The highest BCUT2D eigenvalue weighted by molar-refractivity contribution is 7.18. The fourth-order valence-corrected chi connectivity index (χ4v) is 2.32. The summed E-state index contributed by atoms with van der Waals surface area (Å²) in [5.41, 5.74) is 2.23. The van der Waals surface area contributed by atoms with Gasteiger partial charge in [0.05, 0.1) is 21.8 Å². The Labute approximate surface area is 87.5 Å². The molecule has 1 aromatic heterocycles. The summed E-state index contributed by atoms with van der Waals surface area (Å²) in [6, 6.07) is 4.17. The van der Waals surface area contributed by atoms with E-state index in [1.54, 1.807) is 11.3 Å². The number of ether oxygens (including phenoxy) is 1. The third kappa shape index (κ3) is 1.60. The topological polar surface area (TPSA) is 22.1 Å².